The van der Waals surface area contributed by atoms with Crippen LogP contribution >= 0.6 is 15.9 Å². The summed E-state index contributed by atoms with van der Waals surface area (Å²) < 4.78 is 0.513. The topological polar surface area (TPSA) is 45.8 Å². The molecular formula is C16H19BrN2O. The Balaban J connectivity index is 2.74. The average molecular weight is 335 g/mol. The second kappa shape index (κ2) is 5.17. The van der Waals surface area contributed by atoms with E-state index in [-0.39, 0.29) is 11.0 Å². The molecule has 3 nitrogen and oxygen atoms in total. The number of hydrogen-bond acceptors (Lipinski definition) is 2. The summed E-state index contributed by atoms with van der Waals surface area (Å²) in [6, 6.07) is 6.15. The van der Waals surface area contributed by atoms with Gasteiger partial charge in [0.05, 0.1) is 5.69 Å². The molecule has 1 heterocycles. The molecule has 0 aliphatic heterocycles. The average Bonchev–Trinajstić information content (AvgIpc) is 2.34. The molecule has 0 radical (unpaired) electrons. The Kier molecular flexibility index (Phi) is 3.87. The fraction of sp³-hybridized carbons (Fsp3) is 0.375. The first-order chi connectivity index (χ1) is 9.20. The van der Waals surface area contributed by atoms with E-state index in [0.29, 0.717) is 10.3 Å². The lowest BCUT2D eigenvalue weighted by Crippen LogP contribution is -2.22. The number of aryl methyl sites for hydroxylation is 2. The third-order valence-corrected chi connectivity index (χ3v) is 3.96. The number of nitrogens with zero attached hydrogens (tertiary/aromatic N) is 1. The first-order valence-corrected chi connectivity index (χ1v) is 7.37. The van der Waals surface area contributed by atoms with Crippen LogP contribution in [0.1, 0.15) is 37.6 Å². The third kappa shape index (κ3) is 2.85. The number of aromatic nitrogens is 2. The predicted molar refractivity (Wildman–Crippen MR) is 86.2 cm³/mol. The van der Waals surface area contributed by atoms with E-state index in [9.17, 15) is 4.79 Å². The first kappa shape index (κ1) is 15.0. The summed E-state index contributed by atoms with van der Waals surface area (Å²) in [7, 11) is 0. The monoisotopic (exact) mass is 334 g/mol. The molecule has 0 saturated carbocycles. The summed E-state index contributed by atoms with van der Waals surface area (Å²) in [6.45, 7) is 10.2. The van der Waals surface area contributed by atoms with Gasteiger partial charge in [0, 0.05) is 11.0 Å². The zero-order valence-electron chi connectivity index (χ0n) is 12.5. The fourth-order valence-corrected chi connectivity index (χ4v) is 2.86. The number of hydrogen-bond donors (Lipinski definition) is 1. The maximum Gasteiger partial charge on any atom is 0.265 e. The lowest BCUT2D eigenvalue weighted by Gasteiger charge is -2.20. The van der Waals surface area contributed by atoms with Crippen LogP contribution in [-0.2, 0) is 5.41 Å². The molecule has 2 rings (SSSR count). The quantitative estimate of drug-likeness (QED) is 0.852. The molecule has 0 aliphatic carbocycles. The van der Waals surface area contributed by atoms with Gasteiger partial charge in [-0.3, -0.25) is 4.79 Å². The Bertz CT molecular complexity index is 711. The number of nitrogens with one attached hydrogen (secondary N) is 1. The minimum atomic E-state index is -0.195. The Morgan fingerprint density at radius 3 is 2.45 bits per heavy atom. The Hall–Kier alpha value is -1.42. The number of aromatic amines is 1. The van der Waals surface area contributed by atoms with Gasteiger partial charge in [-0.2, -0.15) is 0 Å². The molecule has 20 heavy (non-hydrogen) atoms. The van der Waals surface area contributed by atoms with E-state index in [4.69, 9.17) is 0 Å². The first-order valence-electron chi connectivity index (χ1n) is 6.58. The molecule has 0 saturated heterocycles. The second-order valence-electron chi connectivity index (χ2n) is 6.15. The highest BCUT2D eigenvalue weighted by molar-refractivity contribution is 9.10. The van der Waals surface area contributed by atoms with Crippen LogP contribution in [0.3, 0.4) is 0 Å². The zero-order chi connectivity index (χ0) is 15.1. The number of rotatable bonds is 1. The second-order valence-corrected chi connectivity index (χ2v) is 6.94. The van der Waals surface area contributed by atoms with Crippen molar-refractivity contribution in [3.8, 4) is 11.4 Å². The summed E-state index contributed by atoms with van der Waals surface area (Å²) in [6.07, 6.45) is 0. The molecule has 1 N–H and O–H groups in total. The van der Waals surface area contributed by atoms with E-state index >= 15 is 0 Å². The number of halogens is 1. The van der Waals surface area contributed by atoms with Crippen molar-refractivity contribution in [3.05, 3.63) is 49.8 Å². The van der Waals surface area contributed by atoms with E-state index < -0.39 is 0 Å². The van der Waals surface area contributed by atoms with Crippen LogP contribution in [0.4, 0.5) is 0 Å². The third-order valence-electron chi connectivity index (χ3n) is 3.22. The summed E-state index contributed by atoms with van der Waals surface area (Å²) in [5, 5.41) is 0. The standard InChI is InChI=1S/C16H19BrN2O/c1-9-6-7-10(2)11(8-9)14-18-13(16(3,4)5)12(17)15(20)19-14/h6-8H,1-5H3,(H,18,19,20). The lowest BCUT2D eigenvalue weighted by molar-refractivity contribution is 0.562. The van der Waals surface area contributed by atoms with Crippen molar-refractivity contribution in [3.63, 3.8) is 0 Å². The molecule has 2 aromatic rings. The van der Waals surface area contributed by atoms with Crippen LogP contribution in [-0.4, -0.2) is 9.97 Å². The van der Waals surface area contributed by atoms with Crippen LogP contribution in [0.5, 0.6) is 0 Å². The largest absolute Gasteiger partial charge is 0.306 e. The molecule has 0 unspecified atom stereocenters. The highest BCUT2D eigenvalue weighted by Gasteiger charge is 2.22. The van der Waals surface area contributed by atoms with Gasteiger partial charge in [0.15, 0.2) is 0 Å². The summed E-state index contributed by atoms with van der Waals surface area (Å²) >= 11 is 3.35. The molecule has 0 fully saturated rings. The van der Waals surface area contributed by atoms with E-state index in [1.165, 1.54) is 0 Å². The van der Waals surface area contributed by atoms with Crippen molar-refractivity contribution in [2.45, 2.75) is 40.0 Å². The molecule has 0 atom stereocenters. The lowest BCUT2D eigenvalue weighted by atomic mass is 9.92. The highest BCUT2D eigenvalue weighted by atomic mass is 79.9. The maximum absolute atomic E-state index is 12.1. The van der Waals surface area contributed by atoms with Gasteiger partial charge in [-0.15, -0.1) is 0 Å². The van der Waals surface area contributed by atoms with Crippen molar-refractivity contribution < 1.29 is 0 Å². The van der Waals surface area contributed by atoms with Gasteiger partial charge in [-0.1, -0.05) is 38.5 Å². The normalized spacial score (nSPS) is 11.7. The smallest absolute Gasteiger partial charge is 0.265 e. The van der Waals surface area contributed by atoms with Gasteiger partial charge in [-0.25, -0.2) is 4.98 Å². The predicted octanol–water partition coefficient (Wildman–Crippen LogP) is 4.11. The summed E-state index contributed by atoms with van der Waals surface area (Å²) in [5.74, 6) is 0.629. The van der Waals surface area contributed by atoms with Crippen LogP contribution in [0.2, 0.25) is 0 Å². The zero-order valence-corrected chi connectivity index (χ0v) is 14.1. The maximum atomic E-state index is 12.1. The van der Waals surface area contributed by atoms with Crippen molar-refractivity contribution in [1.82, 2.24) is 9.97 Å². The molecule has 0 bridgehead atoms. The molecule has 1 aromatic heterocycles. The molecule has 106 valence electrons. The number of benzene rings is 1. The van der Waals surface area contributed by atoms with Gasteiger partial charge in [0.1, 0.15) is 10.3 Å². The van der Waals surface area contributed by atoms with Gasteiger partial charge in [-0.05, 0) is 41.4 Å². The van der Waals surface area contributed by atoms with Gasteiger partial charge < -0.3 is 4.98 Å². The Morgan fingerprint density at radius 2 is 1.85 bits per heavy atom. The van der Waals surface area contributed by atoms with Crippen molar-refractivity contribution >= 4 is 15.9 Å². The molecule has 0 amide bonds. The Morgan fingerprint density at radius 1 is 1.20 bits per heavy atom. The van der Waals surface area contributed by atoms with E-state index in [0.717, 1.165) is 22.4 Å². The van der Waals surface area contributed by atoms with Crippen molar-refractivity contribution in [2.24, 2.45) is 0 Å². The van der Waals surface area contributed by atoms with E-state index in [1.54, 1.807) is 0 Å². The minimum absolute atomic E-state index is 0.138. The number of H-pyrrole nitrogens is 1. The van der Waals surface area contributed by atoms with Crippen LogP contribution < -0.4 is 5.56 Å². The van der Waals surface area contributed by atoms with Crippen molar-refractivity contribution in [1.29, 1.82) is 0 Å². The van der Waals surface area contributed by atoms with Crippen molar-refractivity contribution in [2.75, 3.05) is 0 Å². The van der Waals surface area contributed by atoms with Gasteiger partial charge in [0.2, 0.25) is 0 Å². The van der Waals surface area contributed by atoms with Crippen LogP contribution in [0.15, 0.2) is 27.5 Å². The molecule has 4 heteroatoms. The van der Waals surface area contributed by atoms with Crippen LogP contribution in [0.25, 0.3) is 11.4 Å². The van der Waals surface area contributed by atoms with Gasteiger partial charge in [0.25, 0.3) is 5.56 Å². The SMILES string of the molecule is Cc1ccc(C)c(-c2nc(C(C)(C)C)c(Br)c(=O)[nH]2)c1. The summed E-state index contributed by atoms with van der Waals surface area (Å²) in [5.41, 5.74) is 3.66. The van der Waals surface area contributed by atoms with Gasteiger partial charge >= 0.3 is 0 Å². The Labute approximate surface area is 127 Å². The highest BCUT2D eigenvalue weighted by Crippen LogP contribution is 2.28. The van der Waals surface area contributed by atoms with Crippen LogP contribution in [0, 0.1) is 13.8 Å². The molecule has 0 aliphatic rings. The molecule has 1 aromatic carbocycles. The van der Waals surface area contributed by atoms with E-state index in [1.807, 2.05) is 46.8 Å². The fourth-order valence-electron chi connectivity index (χ4n) is 2.07. The minimum Gasteiger partial charge on any atom is -0.306 e. The molecular weight excluding hydrogens is 316 g/mol. The summed E-state index contributed by atoms with van der Waals surface area (Å²) in [4.78, 5) is 19.7. The van der Waals surface area contributed by atoms with E-state index in [2.05, 4.69) is 32.0 Å². The molecule has 0 spiro atoms.